The molecule has 1 aromatic heterocycles. The van der Waals surface area contributed by atoms with Crippen LogP contribution in [-0.4, -0.2) is 15.1 Å². The van der Waals surface area contributed by atoms with E-state index < -0.39 is 11.0 Å². The number of hydrogen-bond donors (Lipinski definition) is 0. The minimum atomic E-state index is -0.687. The molecule has 1 atom stereocenters. The van der Waals surface area contributed by atoms with Crippen LogP contribution in [0.3, 0.4) is 0 Å². The minimum absolute atomic E-state index is 0.108. The highest BCUT2D eigenvalue weighted by Crippen LogP contribution is 2.30. The van der Waals surface area contributed by atoms with Gasteiger partial charge in [-0.25, -0.2) is 4.39 Å². The van der Waals surface area contributed by atoms with Gasteiger partial charge in [-0.2, -0.15) is 0 Å². The van der Waals surface area contributed by atoms with Crippen molar-refractivity contribution in [2.45, 2.75) is 13.0 Å². The summed E-state index contributed by atoms with van der Waals surface area (Å²) in [4.78, 5) is 10.5. The molecule has 0 aliphatic carbocycles. The van der Waals surface area contributed by atoms with Crippen LogP contribution in [-0.2, 0) is 0 Å². The van der Waals surface area contributed by atoms with Gasteiger partial charge in [0, 0.05) is 11.6 Å². The number of hydrogen-bond acceptors (Lipinski definition) is 6. The van der Waals surface area contributed by atoms with E-state index in [2.05, 4.69) is 10.2 Å². The van der Waals surface area contributed by atoms with Gasteiger partial charge in [-0.3, -0.25) is 10.1 Å². The van der Waals surface area contributed by atoms with Crippen LogP contribution in [0.4, 0.5) is 10.1 Å². The highest BCUT2D eigenvalue weighted by molar-refractivity contribution is 5.52. The maximum Gasteiger partial charge on any atom is 0.310 e. The van der Waals surface area contributed by atoms with Crippen molar-refractivity contribution in [3.05, 3.63) is 70.4 Å². The Labute approximate surface area is 135 Å². The first kappa shape index (κ1) is 15.6. The molecule has 0 spiro atoms. The zero-order valence-electron chi connectivity index (χ0n) is 12.5. The molecule has 3 rings (SSSR count). The molecule has 0 unspecified atom stereocenters. The Bertz CT molecular complexity index is 864. The van der Waals surface area contributed by atoms with Crippen LogP contribution < -0.4 is 4.74 Å². The fraction of sp³-hybridized carbons (Fsp3) is 0.125. The van der Waals surface area contributed by atoms with E-state index in [4.69, 9.17) is 9.15 Å². The lowest BCUT2D eigenvalue weighted by atomic mass is 10.2. The summed E-state index contributed by atoms with van der Waals surface area (Å²) < 4.78 is 24.0. The van der Waals surface area contributed by atoms with E-state index >= 15 is 0 Å². The Kier molecular flexibility index (Phi) is 4.19. The SMILES string of the molecule is C[C@@H](Oc1ccccc1[N+](=O)[O-])c1nnc(-c2ccc(F)cc2)o1. The van der Waals surface area contributed by atoms with Gasteiger partial charge in [0.15, 0.2) is 11.9 Å². The molecule has 0 amide bonds. The first-order valence-corrected chi connectivity index (χ1v) is 7.04. The van der Waals surface area contributed by atoms with Gasteiger partial charge in [-0.15, -0.1) is 10.2 Å². The average Bonchev–Trinajstić information content (AvgIpc) is 3.06. The number of benzene rings is 2. The lowest BCUT2D eigenvalue weighted by molar-refractivity contribution is -0.386. The maximum atomic E-state index is 12.9. The highest BCUT2D eigenvalue weighted by atomic mass is 19.1. The molecule has 0 fully saturated rings. The predicted octanol–water partition coefficient (Wildman–Crippen LogP) is 3.92. The molecule has 0 saturated carbocycles. The van der Waals surface area contributed by atoms with Crippen molar-refractivity contribution in [2.75, 3.05) is 0 Å². The first-order chi connectivity index (χ1) is 11.5. The van der Waals surface area contributed by atoms with E-state index in [1.54, 1.807) is 19.1 Å². The van der Waals surface area contributed by atoms with E-state index in [9.17, 15) is 14.5 Å². The van der Waals surface area contributed by atoms with Gasteiger partial charge in [0.2, 0.25) is 5.89 Å². The van der Waals surface area contributed by atoms with Crippen molar-refractivity contribution in [1.29, 1.82) is 0 Å². The normalized spacial score (nSPS) is 11.9. The topological polar surface area (TPSA) is 91.3 Å². The molecule has 8 heteroatoms. The Morgan fingerprint density at radius 1 is 1.17 bits per heavy atom. The van der Waals surface area contributed by atoms with Gasteiger partial charge in [0.1, 0.15) is 5.82 Å². The highest BCUT2D eigenvalue weighted by Gasteiger charge is 2.21. The summed E-state index contributed by atoms with van der Waals surface area (Å²) in [6, 6.07) is 11.6. The van der Waals surface area contributed by atoms with Crippen LogP contribution in [0.15, 0.2) is 52.9 Å². The fourth-order valence-electron chi connectivity index (χ4n) is 2.06. The number of para-hydroxylation sites is 2. The lowest BCUT2D eigenvalue weighted by Gasteiger charge is -2.10. The molecule has 0 radical (unpaired) electrons. The van der Waals surface area contributed by atoms with Crippen LogP contribution in [0.2, 0.25) is 0 Å². The fourth-order valence-corrected chi connectivity index (χ4v) is 2.06. The van der Waals surface area contributed by atoms with Crippen LogP contribution >= 0.6 is 0 Å². The Hall–Kier alpha value is -3.29. The Balaban J connectivity index is 1.80. The monoisotopic (exact) mass is 329 g/mol. The van der Waals surface area contributed by atoms with Crippen molar-refractivity contribution >= 4 is 5.69 Å². The largest absolute Gasteiger partial charge is 0.474 e. The zero-order chi connectivity index (χ0) is 17.1. The summed E-state index contributed by atoms with van der Waals surface area (Å²) in [7, 11) is 0. The molecule has 0 N–H and O–H groups in total. The number of nitrogens with zero attached hydrogens (tertiary/aromatic N) is 3. The molecule has 0 saturated heterocycles. The number of halogens is 1. The van der Waals surface area contributed by atoms with Gasteiger partial charge in [-0.05, 0) is 37.3 Å². The second-order valence-corrected chi connectivity index (χ2v) is 4.94. The molecule has 2 aromatic carbocycles. The lowest BCUT2D eigenvalue weighted by Crippen LogP contribution is -2.05. The van der Waals surface area contributed by atoms with Gasteiger partial charge >= 0.3 is 5.69 Å². The minimum Gasteiger partial charge on any atom is -0.474 e. The molecule has 1 heterocycles. The third kappa shape index (κ3) is 3.22. The summed E-state index contributed by atoms with van der Waals surface area (Å²) in [5.74, 6) is 0.110. The van der Waals surface area contributed by atoms with Crippen molar-refractivity contribution in [3.8, 4) is 17.2 Å². The van der Waals surface area contributed by atoms with E-state index in [-0.39, 0.29) is 29.0 Å². The van der Waals surface area contributed by atoms with Gasteiger partial charge in [-0.1, -0.05) is 12.1 Å². The third-order valence-electron chi connectivity index (χ3n) is 3.25. The number of rotatable bonds is 5. The summed E-state index contributed by atoms with van der Waals surface area (Å²) in [5, 5.41) is 18.8. The maximum absolute atomic E-state index is 12.9. The quantitative estimate of drug-likeness (QED) is 0.520. The van der Waals surface area contributed by atoms with E-state index in [0.717, 1.165) is 0 Å². The zero-order valence-corrected chi connectivity index (χ0v) is 12.5. The molecule has 3 aromatic rings. The summed E-state index contributed by atoms with van der Waals surface area (Å²) in [5.41, 5.74) is 0.413. The second kappa shape index (κ2) is 6.45. The summed E-state index contributed by atoms with van der Waals surface area (Å²) in [6.45, 7) is 1.64. The molecular weight excluding hydrogens is 317 g/mol. The average molecular weight is 329 g/mol. The molecule has 0 bridgehead atoms. The molecule has 0 aliphatic rings. The standard InChI is InChI=1S/C16H12FN3O4/c1-10(23-14-5-3-2-4-13(14)20(21)22)15-18-19-16(24-15)11-6-8-12(17)9-7-11/h2-10H,1H3/t10-/m1/s1. The van der Waals surface area contributed by atoms with Crippen molar-refractivity contribution in [1.82, 2.24) is 10.2 Å². The summed E-state index contributed by atoms with van der Waals surface area (Å²) in [6.07, 6.45) is -0.687. The smallest absolute Gasteiger partial charge is 0.310 e. The van der Waals surface area contributed by atoms with Gasteiger partial charge < -0.3 is 9.15 Å². The van der Waals surface area contributed by atoms with Gasteiger partial charge in [0.25, 0.3) is 5.89 Å². The number of ether oxygens (including phenoxy) is 1. The number of nitro benzene ring substituents is 1. The predicted molar refractivity (Wildman–Crippen MR) is 81.8 cm³/mol. The van der Waals surface area contributed by atoms with Crippen molar-refractivity contribution in [3.63, 3.8) is 0 Å². The second-order valence-electron chi connectivity index (χ2n) is 4.94. The van der Waals surface area contributed by atoms with E-state index in [1.807, 2.05) is 0 Å². The van der Waals surface area contributed by atoms with Gasteiger partial charge in [0.05, 0.1) is 4.92 Å². The Morgan fingerprint density at radius 3 is 2.58 bits per heavy atom. The van der Waals surface area contributed by atoms with E-state index in [0.29, 0.717) is 5.56 Å². The van der Waals surface area contributed by atoms with Crippen LogP contribution in [0, 0.1) is 15.9 Å². The van der Waals surface area contributed by atoms with E-state index in [1.165, 1.54) is 36.4 Å². The number of aromatic nitrogens is 2. The molecule has 24 heavy (non-hydrogen) atoms. The Morgan fingerprint density at radius 2 is 1.88 bits per heavy atom. The van der Waals surface area contributed by atoms with Crippen LogP contribution in [0.25, 0.3) is 11.5 Å². The van der Waals surface area contributed by atoms with Crippen LogP contribution in [0.5, 0.6) is 5.75 Å². The number of nitro groups is 1. The third-order valence-corrected chi connectivity index (χ3v) is 3.25. The molecule has 122 valence electrons. The molecule has 7 nitrogen and oxygen atoms in total. The van der Waals surface area contributed by atoms with Crippen molar-refractivity contribution < 1.29 is 18.5 Å². The summed E-state index contributed by atoms with van der Waals surface area (Å²) >= 11 is 0. The first-order valence-electron chi connectivity index (χ1n) is 7.04. The van der Waals surface area contributed by atoms with Crippen molar-refractivity contribution in [2.24, 2.45) is 0 Å². The molecule has 0 aliphatic heterocycles. The van der Waals surface area contributed by atoms with Crippen LogP contribution in [0.1, 0.15) is 18.9 Å². The molecular formula is C16H12FN3O4.